The minimum Gasteiger partial charge on any atom is -0.477 e. The molecule has 0 fully saturated rings. The van der Waals surface area contributed by atoms with E-state index in [0.717, 1.165) is 30.3 Å². The maximum Gasteiger partial charge on any atom is 0.354 e. The molecule has 0 amide bonds. The highest BCUT2D eigenvalue weighted by atomic mass is 16.4. The van der Waals surface area contributed by atoms with Crippen molar-refractivity contribution in [3.63, 3.8) is 0 Å². The number of carboxylic acids is 1. The van der Waals surface area contributed by atoms with Crippen molar-refractivity contribution in [2.24, 2.45) is 0 Å². The lowest BCUT2D eigenvalue weighted by Gasteiger charge is -2.17. The molecule has 2 rings (SSSR count). The summed E-state index contributed by atoms with van der Waals surface area (Å²) >= 11 is 0. The average molecular weight is 272 g/mol. The van der Waals surface area contributed by atoms with Crippen LogP contribution in [0, 0.1) is 0 Å². The van der Waals surface area contributed by atoms with Gasteiger partial charge in [0.2, 0.25) is 0 Å². The number of carbonyl (C=O) groups is 1. The topological polar surface area (TPSA) is 62.2 Å². The van der Waals surface area contributed by atoms with Gasteiger partial charge in [-0.1, -0.05) is 38.0 Å². The summed E-state index contributed by atoms with van der Waals surface area (Å²) in [6, 6.07) is 9.53. The zero-order valence-corrected chi connectivity index (χ0v) is 11.9. The van der Waals surface area contributed by atoms with Gasteiger partial charge in [-0.3, -0.25) is 0 Å². The first-order chi connectivity index (χ1) is 9.61. The molecule has 2 aromatic rings. The molecule has 106 valence electrons. The van der Waals surface area contributed by atoms with Crippen LogP contribution in [0.3, 0.4) is 0 Å². The van der Waals surface area contributed by atoms with Crippen molar-refractivity contribution in [3.05, 3.63) is 36.0 Å². The van der Waals surface area contributed by atoms with Gasteiger partial charge in [0.05, 0.1) is 5.52 Å². The molecule has 0 saturated carbocycles. The van der Waals surface area contributed by atoms with Crippen LogP contribution in [-0.2, 0) is 0 Å². The molecule has 1 aromatic carbocycles. The number of carboxylic acid groups (broad SMARTS) is 1. The van der Waals surface area contributed by atoms with Gasteiger partial charge in [-0.05, 0) is 25.5 Å². The van der Waals surface area contributed by atoms with Crippen molar-refractivity contribution in [2.45, 2.75) is 39.2 Å². The Morgan fingerprint density at radius 1 is 1.40 bits per heavy atom. The number of anilines is 1. The Morgan fingerprint density at radius 2 is 2.15 bits per heavy atom. The lowest BCUT2D eigenvalue weighted by atomic mass is 10.1. The maximum atomic E-state index is 11.2. The van der Waals surface area contributed by atoms with Gasteiger partial charge < -0.3 is 10.4 Å². The summed E-state index contributed by atoms with van der Waals surface area (Å²) in [4.78, 5) is 15.3. The number of pyridine rings is 1. The van der Waals surface area contributed by atoms with Gasteiger partial charge >= 0.3 is 5.97 Å². The van der Waals surface area contributed by atoms with Gasteiger partial charge in [-0.2, -0.15) is 0 Å². The van der Waals surface area contributed by atoms with Crippen molar-refractivity contribution >= 4 is 22.6 Å². The smallest absolute Gasteiger partial charge is 0.354 e. The van der Waals surface area contributed by atoms with Gasteiger partial charge in [-0.25, -0.2) is 9.78 Å². The largest absolute Gasteiger partial charge is 0.477 e. The number of para-hydroxylation sites is 1. The lowest BCUT2D eigenvalue weighted by Crippen LogP contribution is -2.16. The maximum absolute atomic E-state index is 11.2. The predicted molar refractivity (Wildman–Crippen MR) is 81.3 cm³/mol. The lowest BCUT2D eigenvalue weighted by molar-refractivity contribution is 0.0691. The fraction of sp³-hybridized carbons (Fsp3) is 0.375. The Balaban J connectivity index is 2.37. The van der Waals surface area contributed by atoms with E-state index in [-0.39, 0.29) is 5.69 Å². The number of nitrogens with one attached hydrogen (secondary N) is 1. The molecule has 1 heterocycles. The van der Waals surface area contributed by atoms with Crippen LogP contribution in [0.1, 0.15) is 43.6 Å². The Morgan fingerprint density at radius 3 is 2.85 bits per heavy atom. The number of aromatic nitrogens is 1. The molecule has 4 heteroatoms. The second kappa shape index (κ2) is 6.37. The number of nitrogens with zero attached hydrogens (tertiary/aromatic N) is 1. The zero-order valence-electron chi connectivity index (χ0n) is 11.9. The van der Waals surface area contributed by atoms with Gasteiger partial charge in [0.25, 0.3) is 0 Å². The molecule has 2 N–H and O–H groups in total. The summed E-state index contributed by atoms with van der Waals surface area (Å²) in [6.45, 7) is 4.28. The zero-order chi connectivity index (χ0) is 14.5. The summed E-state index contributed by atoms with van der Waals surface area (Å²) in [5.41, 5.74) is 1.63. The quantitative estimate of drug-likeness (QED) is 0.836. The molecule has 4 nitrogen and oxygen atoms in total. The predicted octanol–water partition coefficient (Wildman–Crippen LogP) is 3.92. The molecule has 1 aromatic heterocycles. The molecular weight excluding hydrogens is 252 g/mol. The normalized spacial score (nSPS) is 12.3. The first-order valence-corrected chi connectivity index (χ1v) is 7.01. The summed E-state index contributed by atoms with van der Waals surface area (Å²) in [5.74, 6) is -1.000. The number of aromatic carboxylic acids is 1. The fourth-order valence-electron chi connectivity index (χ4n) is 2.25. The number of rotatable bonds is 6. The Hall–Kier alpha value is -2.10. The SMILES string of the molecule is CCCCC(C)Nc1cc(C(=O)O)nc2ccccc12. The van der Waals surface area contributed by atoms with E-state index in [4.69, 9.17) is 5.11 Å². The Kier molecular flexibility index (Phi) is 4.56. The van der Waals surface area contributed by atoms with E-state index in [9.17, 15) is 4.79 Å². The van der Waals surface area contributed by atoms with Crippen molar-refractivity contribution in [1.29, 1.82) is 0 Å². The van der Waals surface area contributed by atoms with E-state index in [1.165, 1.54) is 0 Å². The number of unbranched alkanes of at least 4 members (excludes halogenated alkanes) is 1. The summed E-state index contributed by atoms with van der Waals surface area (Å²) in [5, 5.41) is 13.5. The molecule has 0 aliphatic carbocycles. The summed E-state index contributed by atoms with van der Waals surface area (Å²) < 4.78 is 0. The van der Waals surface area contributed by atoms with Crippen LogP contribution in [0.15, 0.2) is 30.3 Å². The molecule has 1 atom stereocenters. The first kappa shape index (κ1) is 14.3. The van der Waals surface area contributed by atoms with Crippen LogP contribution in [0.4, 0.5) is 5.69 Å². The van der Waals surface area contributed by atoms with Crippen molar-refractivity contribution in [2.75, 3.05) is 5.32 Å². The molecule has 20 heavy (non-hydrogen) atoms. The Bertz CT molecular complexity index is 610. The second-order valence-electron chi connectivity index (χ2n) is 5.06. The van der Waals surface area contributed by atoms with E-state index in [0.29, 0.717) is 11.6 Å². The number of fused-ring (bicyclic) bond motifs is 1. The van der Waals surface area contributed by atoms with Crippen LogP contribution < -0.4 is 5.32 Å². The van der Waals surface area contributed by atoms with E-state index in [1.54, 1.807) is 6.07 Å². The highest BCUT2D eigenvalue weighted by Gasteiger charge is 2.12. The number of hydrogen-bond acceptors (Lipinski definition) is 3. The average Bonchev–Trinajstić information content (AvgIpc) is 2.44. The molecular formula is C16H20N2O2. The van der Waals surface area contributed by atoms with E-state index < -0.39 is 5.97 Å². The van der Waals surface area contributed by atoms with Crippen LogP contribution >= 0.6 is 0 Å². The molecule has 0 bridgehead atoms. The van der Waals surface area contributed by atoms with Gasteiger partial charge in [-0.15, -0.1) is 0 Å². The molecule has 0 radical (unpaired) electrons. The van der Waals surface area contributed by atoms with Crippen molar-refractivity contribution in [1.82, 2.24) is 4.98 Å². The van der Waals surface area contributed by atoms with Crippen LogP contribution in [0.5, 0.6) is 0 Å². The van der Waals surface area contributed by atoms with E-state index >= 15 is 0 Å². The third-order valence-electron chi connectivity index (χ3n) is 3.33. The minimum absolute atomic E-state index is 0.0777. The van der Waals surface area contributed by atoms with E-state index in [2.05, 4.69) is 24.1 Å². The first-order valence-electron chi connectivity index (χ1n) is 7.01. The summed E-state index contributed by atoms with van der Waals surface area (Å²) in [7, 11) is 0. The van der Waals surface area contributed by atoms with Crippen LogP contribution in [-0.4, -0.2) is 22.1 Å². The molecule has 0 saturated heterocycles. The number of hydrogen-bond donors (Lipinski definition) is 2. The molecule has 1 unspecified atom stereocenters. The van der Waals surface area contributed by atoms with Crippen LogP contribution in [0.2, 0.25) is 0 Å². The van der Waals surface area contributed by atoms with Crippen molar-refractivity contribution in [3.8, 4) is 0 Å². The van der Waals surface area contributed by atoms with Gasteiger partial charge in [0.15, 0.2) is 5.69 Å². The highest BCUT2D eigenvalue weighted by molar-refractivity contribution is 5.97. The van der Waals surface area contributed by atoms with Gasteiger partial charge in [0, 0.05) is 17.1 Å². The molecule has 0 aliphatic heterocycles. The van der Waals surface area contributed by atoms with Crippen molar-refractivity contribution < 1.29 is 9.90 Å². The standard InChI is InChI=1S/C16H20N2O2/c1-3-4-7-11(2)17-14-10-15(16(19)20)18-13-9-6-5-8-12(13)14/h5-6,8-11H,3-4,7H2,1-2H3,(H,17,18)(H,19,20). The van der Waals surface area contributed by atoms with Gasteiger partial charge in [0.1, 0.15) is 0 Å². The second-order valence-corrected chi connectivity index (χ2v) is 5.06. The Labute approximate surface area is 118 Å². The number of benzene rings is 1. The monoisotopic (exact) mass is 272 g/mol. The van der Waals surface area contributed by atoms with Crippen LogP contribution in [0.25, 0.3) is 10.9 Å². The third-order valence-corrected chi connectivity index (χ3v) is 3.33. The van der Waals surface area contributed by atoms with E-state index in [1.807, 2.05) is 24.3 Å². The molecule has 0 aliphatic rings. The minimum atomic E-state index is -1.000. The summed E-state index contributed by atoms with van der Waals surface area (Å²) in [6.07, 6.45) is 3.38. The fourth-order valence-corrected chi connectivity index (χ4v) is 2.25. The molecule has 0 spiro atoms. The highest BCUT2D eigenvalue weighted by Crippen LogP contribution is 2.24. The third kappa shape index (κ3) is 3.26.